The number of aryl methyl sites for hydroxylation is 1. The minimum atomic E-state index is -4.11. The molecule has 2 rings (SSSR count). The van der Waals surface area contributed by atoms with Crippen molar-refractivity contribution >= 4 is 10.1 Å². The molecule has 0 bridgehead atoms. The van der Waals surface area contributed by atoms with Crippen molar-refractivity contribution in [1.82, 2.24) is 0 Å². The highest BCUT2D eigenvalue weighted by Crippen LogP contribution is 2.21. The quantitative estimate of drug-likeness (QED) is 0.831. The molecule has 1 N–H and O–H groups in total. The molecule has 0 radical (unpaired) electrons. The highest BCUT2D eigenvalue weighted by atomic mass is 32.2. The second-order valence-electron chi connectivity index (χ2n) is 3.87. The van der Waals surface area contributed by atoms with E-state index in [0.717, 1.165) is 16.7 Å². The predicted octanol–water partition coefficient (Wildman–Crippen LogP) is 2.91. The van der Waals surface area contributed by atoms with E-state index in [-0.39, 0.29) is 4.90 Å². The minimum Gasteiger partial charge on any atom is -0.282 e. The Balaban J connectivity index is 2.43. The molecule has 2 aromatic rings. The summed E-state index contributed by atoms with van der Waals surface area (Å²) in [5, 5.41) is 0. The monoisotopic (exact) mass is 248 g/mol. The summed E-state index contributed by atoms with van der Waals surface area (Å²) >= 11 is 0. The largest absolute Gasteiger partial charge is 0.294 e. The van der Waals surface area contributed by atoms with Crippen molar-refractivity contribution in [2.45, 2.75) is 11.8 Å². The second-order valence-corrected chi connectivity index (χ2v) is 5.29. The van der Waals surface area contributed by atoms with Crippen LogP contribution in [0.5, 0.6) is 0 Å². The summed E-state index contributed by atoms with van der Waals surface area (Å²) in [5.41, 5.74) is 3.08. The first kappa shape index (κ1) is 11.8. The molecule has 0 unspecified atom stereocenters. The molecule has 3 nitrogen and oxygen atoms in total. The Kier molecular flexibility index (Phi) is 3.00. The van der Waals surface area contributed by atoms with Crippen molar-refractivity contribution < 1.29 is 13.0 Å². The Morgan fingerprint density at radius 3 is 2.12 bits per heavy atom. The maximum Gasteiger partial charge on any atom is 0.294 e. The fourth-order valence-corrected chi connectivity index (χ4v) is 2.12. The van der Waals surface area contributed by atoms with Crippen molar-refractivity contribution in [1.29, 1.82) is 0 Å². The Labute approximate surface area is 100 Å². The molecular weight excluding hydrogens is 236 g/mol. The Morgan fingerprint density at radius 1 is 0.941 bits per heavy atom. The fraction of sp³-hybridized carbons (Fsp3) is 0.0769. The van der Waals surface area contributed by atoms with Gasteiger partial charge in [-0.25, -0.2) is 0 Å². The topological polar surface area (TPSA) is 54.4 Å². The van der Waals surface area contributed by atoms with Crippen LogP contribution in [0.15, 0.2) is 53.4 Å². The van der Waals surface area contributed by atoms with E-state index in [1.807, 2.05) is 31.2 Å². The summed E-state index contributed by atoms with van der Waals surface area (Å²) in [6.45, 7) is 2.00. The first-order valence-electron chi connectivity index (χ1n) is 5.11. The number of benzene rings is 2. The Morgan fingerprint density at radius 2 is 1.59 bits per heavy atom. The molecule has 88 valence electrons. The molecule has 0 saturated heterocycles. The van der Waals surface area contributed by atoms with Gasteiger partial charge in [-0.15, -0.1) is 0 Å². The first-order valence-corrected chi connectivity index (χ1v) is 6.55. The van der Waals surface area contributed by atoms with Gasteiger partial charge in [-0.2, -0.15) is 8.42 Å². The summed E-state index contributed by atoms with van der Waals surface area (Å²) in [6.07, 6.45) is 0. The normalized spacial score (nSPS) is 11.4. The van der Waals surface area contributed by atoms with E-state index in [4.69, 9.17) is 4.55 Å². The van der Waals surface area contributed by atoms with Crippen LogP contribution in [-0.4, -0.2) is 13.0 Å². The van der Waals surface area contributed by atoms with Crippen molar-refractivity contribution in [3.8, 4) is 11.1 Å². The van der Waals surface area contributed by atoms with Crippen LogP contribution < -0.4 is 0 Å². The predicted molar refractivity (Wildman–Crippen MR) is 66.4 cm³/mol. The third kappa shape index (κ3) is 2.72. The van der Waals surface area contributed by atoms with E-state index in [0.29, 0.717) is 0 Å². The third-order valence-corrected chi connectivity index (χ3v) is 3.37. The standard InChI is InChI=1S/C13H12O3S/c1-10-3-2-4-12(9-10)11-5-7-13(8-6-11)17(14,15)16/h2-9H,1H3,(H,14,15,16). The van der Waals surface area contributed by atoms with Gasteiger partial charge in [0.1, 0.15) is 0 Å². The lowest BCUT2D eigenvalue weighted by molar-refractivity contribution is 0.483. The van der Waals surface area contributed by atoms with Gasteiger partial charge in [0.2, 0.25) is 0 Å². The highest BCUT2D eigenvalue weighted by molar-refractivity contribution is 7.85. The van der Waals surface area contributed by atoms with E-state index >= 15 is 0 Å². The van der Waals surface area contributed by atoms with Crippen LogP contribution in [-0.2, 0) is 10.1 Å². The van der Waals surface area contributed by atoms with Gasteiger partial charge < -0.3 is 0 Å². The van der Waals surface area contributed by atoms with Crippen LogP contribution in [0, 0.1) is 6.92 Å². The summed E-state index contributed by atoms with van der Waals surface area (Å²) in [5.74, 6) is 0. The third-order valence-electron chi connectivity index (χ3n) is 2.50. The van der Waals surface area contributed by atoms with Gasteiger partial charge in [0.25, 0.3) is 10.1 Å². The SMILES string of the molecule is Cc1cccc(-c2ccc(S(=O)(=O)O)cc2)c1. The van der Waals surface area contributed by atoms with Gasteiger partial charge in [-0.05, 0) is 30.2 Å². The molecule has 0 spiro atoms. The van der Waals surface area contributed by atoms with Crippen LogP contribution in [0.4, 0.5) is 0 Å². The van der Waals surface area contributed by atoms with E-state index in [9.17, 15) is 8.42 Å². The molecule has 0 heterocycles. The fourth-order valence-electron chi connectivity index (χ4n) is 1.64. The van der Waals surface area contributed by atoms with Crippen LogP contribution in [0.1, 0.15) is 5.56 Å². The lowest BCUT2D eigenvalue weighted by atomic mass is 10.0. The molecule has 2 aromatic carbocycles. The lowest BCUT2D eigenvalue weighted by Gasteiger charge is -2.03. The van der Waals surface area contributed by atoms with Crippen molar-refractivity contribution in [3.05, 3.63) is 54.1 Å². The summed E-state index contributed by atoms with van der Waals surface area (Å²) < 4.78 is 30.6. The molecule has 0 fully saturated rings. The molecule has 0 aliphatic rings. The van der Waals surface area contributed by atoms with Gasteiger partial charge >= 0.3 is 0 Å². The van der Waals surface area contributed by atoms with Gasteiger partial charge in [-0.3, -0.25) is 4.55 Å². The summed E-state index contributed by atoms with van der Waals surface area (Å²) in [4.78, 5) is -0.0890. The van der Waals surface area contributed by atoms with Gasteiger partial charge in [0.15, 0.2) is 0 Å². The van der Waals surface area contributed by atoms with Crippen LogP contribution in [0.2, 0.25) is 0 Å². The highest BCUT2D eigenvalue weighted by Gasteiger charge is 2.08. The molecule has 0 aliphatic heterocycles. The first-order chi connectivity index (χ1) is 7.97. The van der Waals surface area contributed by atoms with Crippen LogP contribution in [0.25, 0.3) is 11.1 Å². The van der Waals surface area contributed by atoms with E-state index in [1.54, 1.807) is 12.1 Å². The Hall–Kier alpha value is -1.65. The zero-order chi connectivity index (χ0) is 12.5. The van der Waals surface area contributed by atoms with Crippen molar-refractivity contribution in [2.24, 2.45) is 0 Å². The maximum absolute atomic E-state index is 10.9. The van der Waals surface area contributed by atoms with Crippen molar-refractivity contribution in [2.75, 3.05) is 0 Å². The van der Waals surface area contributed by atoms with Gasteiger partial charge in [0.05, 0.1) is 4.90 Å². The average molecular weight is 248 g/mol. The number of hydrogen-bond acceptors (Lipinski definition) is 2. The van der Waals surface area contributed by atoms with Crippen molar-refractivity contribution in [3.63, 3.8) is 0 Å². The Bertz CT molecular complexity index is 628. The lowest BCUT2D eigenvalue weighted by Crippen LogP contribution is -1.97. The molecule has 0 amide bonds. The van der Waals surface area contributed by atoms with E-state index in [2.05, 4.69) is 0 Å². The van der Waals surface area contributed by atoms with E-state index < -0.39 is 10.1 Å². The van der Waals surface area contributed by atoms with E-state index in [1.165, 1.54) is 12.1 Å². The zero-order valence-electron chi connectivity index (χ0n) is 9.29. The number of rotatable bonds is 2. The smallest absolute Gasteiger partial charge is 0.282 e. The zero-order valence-corrected chi connectivity index (χ0v) is 10.1. The van der Waals surface area contributed by atoms with Gasteiger partial charge in [0, 0.05) is 0 Å². The van der Waals surface area contributed by atoms with Crippen LogP contribution in [0.3, 0.4) is 0 Å². The van der Waals surface area contributed by atoms with Gasteiger partial charge in [-0.1, -0.05) is 42.0 Å². The molecule has 0 saturated carbocycles. The minimum absolute atomic E-state index is 0.0890. The maximum atomic E-state index is 10.9. The summed E-state index contributed by atoms with van der Waals surface area (Å²) in [6, 6.07) is 14.1. The molecule has 17 heavy (non-hydrogen) atoms. The summed E-state index contributed by atoms with van der Waals surface area (Å²) in [7, 11) is -4.11. The second kappa shape index (κ2) is 4.31. The molecule has 4 heteroatoms. The molecule has 0 aliphatic carbocycles. The molecule has 0 atom stereocenters. The number of hydrogen-bond donors (Lipinski definition) is 1. The van der Waals surface area contributed by atoms with Crippen LogP contribution >= 0.6 is 0 Å². The molecular formula is C13H12O3S. The molecule has 0 aromatic heterocycles. The average Bonchev–Trinajstić information content (AvgIpc) is 2.28.